The summed E-state index contributed by atoms with van der Waals surface area (Å²) < 4.78 is 6.89. The van der Waals surface area contributed by atoms with Gasteiger partial charge in [0, 0.05) is 6.54 Å². The molecule has 0 aliphatic heterocycles. The van der Waals surface area contributed by atoms with Crippen LogP contribution in [0.1, 0.15) is 26.5 Å². The molecule has 0 aliphatic carbocycles. The number of carbonyl (C=O) groups excluding carboxylic acids is 1. The van der Waals surface area contributed by atoms with Gasteiger partial charge in [0.25, 0.3) is 0 Å². The van der Waals surface area contributed by atoms with Crippen molar-refractivity contribution in [3.8, 4) is 0 Å². The van der Waals surface area contributed by atoms with E-state index in [9.17, 15) is 4.79 Å². The second kappa shape index (κ2) is 6.64. The fraction of sp³-hybridized carbons (Fsp3) is 0.467. The Morgan fingerprint density at radius 3 is 2.83 bits per heavy atom. The SMILES string of the molecule is Cc1nn(C/C=C\CNC(=O)OC(C)(C)C)c2ncnc(N)c12. The molecule has 124 valence electrons. The lowest BCUT2D eigenvalue weighted by Gasteiger charge is -2.19. The molecule has 2 aromatic rings. The van der Waals surface area contributed by atoms with Crippen LogP contribution in [0, 0.1) is 6.92 Å². The Kier molecular flexibility index (Phi) is 4.83. The maximum atomic E-state index is 11.5. The highest BCUT2D eigenvalue weighted by molar-refractivity contribution is 5.87. The van der Waals surface area contributed by atoms with Crippen molar-refractivity contribution in [1.29, 1.82) is 0 Å². The van der Waals surface area contributed by atoms with Crippen LogP contribution in [0.3, 0.4) is 0 Å². The number of nitrogens with one attached hydrogen (secondary N) is 1. The smallest absolute Gasteiger partial charge is 0.407 e. The van der Waals surface area contributed by atoms with Gasteiger partial charge >= 0.3 is 6.09 Å². The molecule has 0 aromatic carbocycles. The van der Waals surface area contributed by atoms with E-state index in [-0.39, 0.29) is 0 Å². The monoisotopic (exact) mass is 318 g/mol. The zero-order valence-electron chi connectivity index (χ0n) is 13.8. The summed E-state index contributed by atoms with van der Waals surface area (Å²) in [6.45, 7) is 8.23. The van der Waals surface area contributed by atoms with Crippen LogP contribution in [-0.2, 0) is 11.3 Å². The van der Waals surface area contributed by atoms with Crippen molar-refractivity contribution in [3.05, 3.63) is 24.2 Å². The summed E-state index contributed by atoms with van der Waals surface area (Å²) in [7, 11) is 0. The number of hydrogen-bond donors (Lipinski definition) is 2. The third kappa shape index (κ3) is 4.41. The Balaban J connectivity index is 1.92. The lowest BCUT2D eigenvalue weighted by molar-refractivity contribution is 0.0534. The number of aryl methyl sites for hydroxylation is 1. The molecule has 0 saturated heterocycles. The van der Waals surface area contributed by atoms with E-state index in [2.05, 4.69) is 20.4 Å². The minimum Gasteiger partial charge on any atom is -0.444 e. The summed E-state index contributed by atoms with van der Waals surface area (Å²) in [5.41, 5.74) is 6.83. The predicted molar refractivity (Wildman–Crippen MR) is 87.8 cm³/mol. The molecule has 2 heterocycles. The largest absolute Gasteiger partial charge is 0.444 e. The van der Waals surface area contributed by atoms with Crippen LogP contribution in [0.2, 0.25) is 0 Å². The summed E-state index contributed by atoms with van der Waals surface area (Å²) in [6.07, 6.45) is 4.70. The molecule has 2 aromatic heterocycles. The first kappa shape index (κ1) is 16.7. The highest BCUT2D eigenvalue weighted by Gasteiger charge is 2.15. The molecule has 3 N–H and O–H groups in total. The zero-order valence-corrected chi connectivity index (χ0v) is 13.8. The number of nitrogen functional groups attached to an aromatic ring is 1. The Morgan fingerprint density at radius 2 is 2.13 bits per heavy atom. The lowest BCUT2D eigenvalue weighted by Crippen LogP contribution is -2.32. The third-order valence-corrected chi connectivity index (χ3v) is 2.94. The Hall–Kier alpha value is -2.64. The average molecular weight is 318 g/mol. The second-order valence-electron chi connectivity index (χ2n) is 6.08. The van der Waals surface area contributed by atoms with Gasteiger partial charge < -0.3 is 15.8 Å². The highest BCUT2D eigenvalue weighted by Crippen LogP contribution is 2.19. The minimum absolute atomic E-state index is 0.379. The first-order chi connectivity index (χ1) is 10.8. The van der Waals surface area contributed by atoms with E-state index >= 15 is 0 Å². The fourth-order valence-electron chi connectivity index (χ4n) is 2.05. The van der Waals surface area contributed by atoms with E-state index in [1.165, 1.54) is 6.33 Å². The van der Waals surface area contributed by atoms with Crippen LogP contribution in [0.5, 0.6) is 0 Å². The number of aromatic nitrogens is 4. The van der Waals surface area contributed by atoms with Crippen LogP contribution in [-0.4, -0.2) is 38.0 Å². The topological polar surface area (TPSA) is 108 Å². The summed E-state index contributed by atoms with van der Waals surface area (Å²) in [4.78, 5) is 19.7. The standard InChI is InChI=1S/C15H22N6O2/c1-10-11-12(16)18-9-19-13(11)21(20-10)8-6-5-7-17-14(22)23-15(2,3)4/h5-6,9H,7-8H2,1-4H3,(H,17,22)(H2,16,18,19)/b6-5-. The van der Waals surface area contributed by atoms with Crippen LogP contribution >= 0.6 is 0 Å². The van der Waals surface area contributed by atoms with E-state index in [1.54, 1.807) is 4.68 Å². The summed E-state index contributed by atoms with van der Waals surface area (Å²) in [5.74, 6) is 0.425. The molecule has 0 saturated carbocycles. The molecule has 0 spiro atoms. The molecule has 0 radical (unpaired) electrons. The van der Waals surface area contributed by atoms with E-state index in [0.717, 1.165) is 11.1 Å². The summed E-state index contributed by atoms with van der Waals surface area (Å²) in [5, 5.41) is 7.83. The molecule has 23 heavy (non-hydrogen) atoms. The van der Waals surface area contributed by atoms with E-state index in [4.69, 9.17) is 10.5 Å². The number of carbonyl (C=O) groups is 1. The first-order valence-electron chi connectivity index (χ1n) is 7.33. The quantitative estimate of drug-likeness (QED) is 0.832. The summed E-state index contributed by atoms with van der Waals surface area (Å²) in [6, 6.07) is 0. The molecule has 0 atom stereocenters. The van der Waals surface area contributed by atoms with Crippen LogP contribution in [0.25, 0.3) is 11.0 Å². The number of nitrogens with zero attached hydrogens (tertiary/aromatic N) is 4. The molecule has 8 nitrogen and oxygen atoms in total. The van der Waals surface area contributed by atoms with Gasteiger partial charge in [0.05, 0.1) is 17.6 Å². The molecule has 2 rings (SSSR count). The molecular formula is C15H22N6O2. The van der Waals surface area contributed by atoms with Crippen molar-refractivity contribution >= 4 is 22.9 Å². The molecular weight excluding hydrogens is 296 g/mol. The number of alkyl carbamates (subject to hydrolysis) is 1. The number of hydrogen-bond acceptors (Lipinski definition) is 6. The molecule has 0 bridgehead atoms. The van der Waals surface area contributed by atoms with Crippen LogP contribution < -0.4 is 11.1 Å². The number of ether oxygens (including phenoxy) is 1. The van der Waals surface area contributed by atoms with Gasteiger partial charge in [0.1, 0.15) is 17.7 Å². The Labute approximate surface area is 134 Å². The number of fused-ring (bicyclic) bond motifs is 1. The van der Waals surface area contributed by atoms with Gasteiger partial charge in [-0.15, -0.1) is 0 Å². The van der Waals surface area contributed by atoms with Crippen molar-refractivity contribution in [3.63, 3.8) is 0 Å². The molecule has 0 fully saturated rings. The van der Waals surface area contributed by atoms with Gasteiger partial charge in [-0.3, -0.25) is 0 Å². The van der Waals surface area contributed by atoms with Crippen molar-refractivity contribution < 1.29 is 9.53 Å². The summed E-state index contributed by atoms with van der Waals surface area (Å²) >= 11 is 0. The zero-order chi connectivity index (χ0) is 17.0. The second-order valence-corrected chi connectivity index (χ2v) is 6.08. The van der Waals surface area contributed by atoms with E-state index in [0.29, 0.717) is 24.6 Å². The number of anilines is 1. The van der Waals surface area contributed by atoms with Crippen LogP contribution in [0.15, 0.2) is 18.5 Å². The third-order valence-electron chi connectivity index (χ3n) is 2.94. The van der Waals surface area contributed by atoms with Gasteiger partial charge in [-0.05, 0) is 27.7 Å². The average Bonchev–Trinajstić information content (AvgIpc) is 2.74. The molecule has 1 amide bonds. The van der Waals surface area contributed by atoms with Gasteiger partial charge in [-0.1, -0.05) is 12.2 Å². The number of rotatable bonds is 4. The van der Waals surface area contributed by atoms with Crippen LogP contribution in [0.4, 0.5) is 10.6 Å². The van der Waals surface area contributed by atoms with E-state index < -0.39 is 11.7 Å². The minimum atomic E-state index is -0.501. The van der Waals surface area contributed by atoms with Crippen molar-refractivity contribution in [2.24, 2.45) is 0 Å². The van der Waals surface area contributed by atoms with Gasteiger partial charge in [0.15, 0.2) is 5.65 Å². The molecule has 8 heteroatoms. The van der Waals surface area contributed by atoms with Crippen molar-refractivity contribution in [2.75, 3.05) is 12.3 Å². The van der Waals surface area contributed by atoms with Gasteiger partial charge in [-0.2, -0.15) is 5.10 Å². The Bertz CT molecular complexity index is 729. The maximum absolute atomic E-state index is 11.5. The van der Waals surface area contributed by atoms with Gasteiger partial charge in [-0.25, -0.2) is 19.4 Å². The van der Waals surface area contributed by atoms with Crippen molar-refractivity contribution in [1.82, 2.24) is 25.1 Å². The molecule has 0 unspecified atom stereocenters. The molecule has 0 aliphatic rings. The normalized spacial score (nSPS) is 12.0. The highest BCUT2D eigenvalue weighted by atomic mass is 16.6. The van der Waals surface area contributed by atoms with Gasteiger partial charge in [0.2, 0.25) is 0 Å². The Morgan fingerprint density at radius 1 is 1.39 bits per heavy atom. The fourth-order valence-corrected chi connectivity index (χ4v) is 2.05. The number of amides is 1. The first-order valence-corrected chi connectivity index (χ1v) is 7.33. The lowest BCUT2D eigenvalue weighted by atomic mass is 10.2. The predicted octanol–water partition coefficient (Wildman–Crippen LogP) is 1.80. The van der Waals surface area contributed by atoms with E-state index in [1.807, 2.05) is 39.8 Å². The maximum Gasteiger partial charge on any atom is 0.407 e. The number of nitrogens with two attached hydrogens (primary N) is 1. The number of allylic oxidation sites excluding steroid dienone is 1. The van der Waals surface area contributed by atoms with Crippen molar-refractivity contribution in [2.45, 2.75) is 39.8 Å².